The third-order valence-corrected chi connectivity index (χ3v) is 3.95. The van der Waals surface area contributed by atoms with Crippen LogP contribution in [0.4, 0.5) is 21.7 Å². The second-order valence-corrected chi connectivity index (χ2v) is 7.59. The second-order valence-electron chi connectivity index (χ2n) is 7.18. The number of nitro groups is 1. The molecular weight excluding hydrogens is 405 g/mol. The maximum absolute atomic E-state index is 13.2. The van der Waals surface area contributed by atoms with Crippen LogP contribution >= 0.6 is 11.6 Å². The van der Waals surface area contributed by atoms with Gasteiger partial charge in [0, 0.05) is 18.6 Å². The number of rotatable bonds is 7. The van der Waals surface area contributed by atoms with Crippen LogP contribution in [-0.2, 0) is 16.1 Å². The van der Waals surface area contributed by atoms with E-state index in [1.165, 1.54) is 24.1 Å². The number of carbonyl (C=O) groups is 1. The summed E-state index contributed by atoms with van der Waals surface area (Å²) >= 11 is 5.98. The zero-order valence-corrected chi connectivity index (χ0v) is 17.2. The van der Waals surface area contributed by atoms with E-state index in [0.29, 0.717) is 5.56 Å². The van der Waals surface area contributed by atoms with Crippen molar-refractivity contribution in [2.75, 3.05) is 23.8 Å². The van der Waals surface area contributed by atoms with Gasteiger partial charge in [0.05, 0.1) is 4.92 Å². The summed E-state index contributed by atoms with van der Waals surface area (Å²) in [6.07, 6.45) is 1.14. The molecule has 0 unspecified atom stereocenters. The number of carbonyl (C=O) groups excluding carboxylic acids is 1. The Bertz CT molecular complexity index is 920. The highest BCUT2D eigenvalue weighted by Crippen LogP contribution is 2.32. The average Bonchev–Trinajstić information content (AvgIpc) is 2.58. The molecule has 0 atom stereocenters. The van der Waals surface area contributed by atoms with Crippen molar-refractivity contribution in [2.24, 2.45) is 0 Å². The lowest BCUT2D eigenvalue weighted by Gasteiger charge is -2.23. The zero-order chi connectivity index (χ0) is 21.8. The summed E-state index contributed by atoms with van der Waals surface area (Å²) in [7, 11) is 1.49. The third kappa shape index (κ3) is 6.24. The Morgan fingerprint density at radius 3 is 2.66 bits per heavy atom. The molecule has 0 saturated carbocycles. The van der Waals surface area contributed by atoms with Crippen LogP contribution in [0.5, 0.6) is 0 Å². The summed E-state index contributed by atoms with van der Waals surface area (Å²) in [5, 5.41) is 14.6. The minimum Gasteiger partial charge on any atom is -0.459 e. The number of aromatic nitrogens is 2. The Morgan fingerprint density at radius 2 is 2.07 bits per heavy atom. The summed E-state index contributed by atoms with van der Waals surface area (Å²) in [5.74, 6) is -1.15. The van der Waals surface area contributed by atoms with Crippen molar-refractivity contribution in [3.05, 3.63) is 51.0 Å². The monoisotopic (exact) mass is 425 g/mol. The normalized spacial score (nSPS) is 11.1. The molecule has 0 radical (unpaired) electrons. The lowest BCUT2D eigenvalue weighted by molar-refractivity contribution is -0.383. The van der Waals surface area contributed by atoms with E-state index in [9.17, 15) is 19.3 Å². The Balaban J connectivity index is 2.24. The highest BCUT2D eigenvalue weighted by atomic mass is 35.5. The van der Waals surface area contributed by atoms with Crippen LogP contribution < -0.4 is 10.2 Å². The van der Waals surface area contributed by atoms with Crippen molar-refractivity contribution in [3.63, 3.8) is 0 Å². The molecule has 1 N–H and O–H groups in total. The van der Waals surface area contributed by atoms with Gasteiger partial charge >= 0.3 is 11.7 Å². The van der Waals surface area contributed by atoms with Gasteiger partial charge in [0.15, 0.2) is 0 Å². The zero-order valence-electron chi connectivity index (χ0n) is 16.4. The van der Waals surface area contributed by atoms with Crippen LogP contribution in [-0.4, -0.2) is 40.1 Å². The highest BCUT2D eigenvalue weighted by molar-refractivity contribution is 6.31. The number of anilines is 2. The lowest BCUT2D eigenvalue weighted by Crippen LogP contribution is -2.33. The fraction of sp³-hybridized carbons (Fsp3) is 0.389. The maximum Gasteiger partial charge on any atom is 0.353 e. The van der Waals surface area contributed by atoms with Crippen LogP contribution in [0, 0.1) is 15.9 Å². The minimum atomic E-state index is -0.684. The molecule has 0 fully saturated rings. The van der Waals surface area contributed by atoms with E-state index in [0.717, 1.165) is 12.4 Å². The predicted molar refractivity (Wildman–Crippen MR) is 107 cm³/mol. The topological polar surface area (TPSA) is 110 Å². The number of hydrogen-bond acceptors (Lipinski definition) is 8. The fourth-order valence-electron chi connectivity index (χ4n) is 2.43. The first-order valence-corrected chi connectivity index (χ1v) is 8.96. The smallest absolute Gasteiger partial charge is 0.353 e. The third-order valence-electron chi connectivity index (χ3n) is 3.59. The molecule has 11 heteroatoms. The van der Waals surface area contributed by atoms with E-state index < -0.39 is 28.0 Å². The molecule has 2 aromatic rings. The molecule has 9 nitrogen and oxygen atoms in total. The van der Waals surface area contributed by atoms with Crippen LogP contribution in [0.25, 0.3) is 0 Å². The van der Waals surface area contributed by atoms with E-state index in [1.54, 1.807) is 20.8 Å². The van der Waals surface area contributed by atoms with Gasteiger partial charge in [0.25, 0.3) is 0 Å². The summed E-state index contributed by atoms with van der Waals surface area (Å²) in [6, 6.07) is 3.84. The SMILES string of the molecule is CN(CC(=O)OC(C)(C)C)c1ncnc(NCc2ccc(F)cc2Cl)c1[N+](=O)[O-]. The Morgan fingerprint density at radius 1 is 1.38 bits per heavy atom. The average molecular weight is 426 g/mol. The number of nitrogens with zero attached hydrogens (tertiary/aromatic N) is 4. The van der Waals surface area contributed by atoms with E-state index in [1.807, 2.05) is 0 Å². The molecular formula is C18H21ClFN5O4. The van der Waals surface area contributed by atoms with E-state index in [2.05, 4.69) is 15.3 Å². The van der Waals surface area contributed by atoms with Gasteiger partial charge in [-0.15, -0.1) is 0 Å². The maximum atomic E-state index is 13.2. The van der Waals surface area contributed by atoms with Gasteiger partial charge in [0.2, 0.25) is 11.6 Å². The number of ether oxygens (including phenoxy) is 1. The molecule has 1 aromatic heterocycles. The van der Waals surface area contributed by atoms with Crippen molar-refractivity contribution in [1.29, 1.82) is 0 Å². The van der Waals surface area contributed by atoms with Crippen molar-refractivity contribution in [3.8, 4) is 0 Å². The number of benzene rings is 1. The van der Waals surface area contributed by atoms with Gasteiger partial charge < -0.3 is 15.0 Å². The molecule has 0 spiro atoms. The van der Waals surface area contributed by atoms with E-state index >= 15 is 0 Å². The molecule has 29 heavy (non-hydrogen) atoms. The summed E-state index contributed by atoms with van der Waals surface area (Å²) < 4.78 is 18.4. The van der Waals surface area contributed by atoms with E-state index in [-0.39, 0.29) is 29.7 Å². The summed E-state index contributed by atoms with van der Waals surface area (Å²) in [6.45, 7) is 5.01. The largest absolute Gasteiger partial charge is 0.459 e. The molecule has 1 aromatic carbocycles. The number of hydrogen-bond donors (Lipinski definition) is 1. The quantitative estimate of drug-likeness (QED) is 0.407. The van der Waals surface area contributed by atoms with Crippen molar-refractivity contribution in [2.45, 2.75) is 32.9 Å². The predicted octanol–water partition coefficient (Wildman–Crippen LogP) is 3.57. The van der Waals surface area contributed by atoms with Gasteiger partial charge in [-0.05, 0) is 38.5 Å². The first kappa shape index (κ1) is 22.3. The summed E-state index contributed by atoms with van der Waals surface area (Å²) in [4.78, 5) is 32.2. The molecule has 0 amide bonds. The lowest BCUT2D eigenvalue weighted by atomic mass is 10.2. The molecule has 0 bridgehead atoms. The van der Waals surface area contributed by atoms with Crippen LogP contribution in [0.2, 0.25) is 5.02 Å². The number of likely N-dealkylation sites (N-methyl/N-ethyl adjacent to an activating group) is 1. The van der Waals surface area contributed by atoms with Crippen LogP contribution in [0.3, 0.4) is 0 Å². The van der Waals surface area contributed by atoms with Crippen molar-refractivity contribution < 1.29 is 18.8 Å². The van der Waals surface area contributed by atoms with E-state index in [4.69, 9.17) is 16.3 Å². The molecule has 2 rings (SSSR count). The molecule has 156 valence electrons. The minimum absolute atomic E-state index is 0.0523. The first-order chi connectivity index (χ1) is 13.5. The van der Waals surface area contributed by atoms with Crippen LogP contribution in [0.15, 0.2) is 24.5 Å². The van der Waals surface area contributed by atoms with Crippen molar-refractivity contribution in [1.82, 2.24) is 9.97 Å². The Kier molecular flexibility index (Phi) is 6.91. The molecule has 0 aliphatic heterocycles. The number of nitrogens with one attached hydrogen (secondary N) is 1. The standard InChI is InChI=1S/C18H21ClFN5O4/c1-18(2,3)29-14(26)9-24(4)17-15(25(27)28)16(22-10-23-17)21-8-11-5-6-12(20)7-13(11)19/h5-7,10H,8-9H2,1-4H3,(H,21,22,23). The van der Waals surface area contributed by atoms with Gasteiger partial charge in [-0.2, -0.15) is 0 Å². The van der Waals surface area contributed by atoms with Gasteiger partial charge in [-0.1, -0.05) is 17.7 Å². The van der Waals surface area contributed by atoms with Gasteiger partial charge in [-0.25, -0.2) is 14.4 Å². The highest BCUT2D eigenvalue weighted by Gasteiger charge is 2.27. The Hall–Kier alpha value is -3.01. The molecule has 0 aliphatic rings. The molecule has 0 saturated heterocycles. The molecule has 0 aliphatic carbocycles. The van der Waals surface area contributed by atoms with Gasteiger partial charge in [0.1, 0.15) is 24.3 Å². The Labute approximate surface area is 172 Å². The number of halogens is 2. The first-order valence-electron chi connectivity index (χ1n) is 8.58. The second kappa shape index (κ2) is 8.99. The number of esters is 1. The summed E-state index contributed by atoms with van der Waals surface area (Å²) in [5.41, 5.74) is -0.558. The fourth-order valence-corrected chi connectivity index (χ4v) is 2.67. The van der Waals surface area contributed by atoms with Gasteiger partial charge in [-0.3, -0.25) is 14.9 Å². The molecule has 1 heterocycles. The van der Waals surface area contributed by atoms with Crippen molar-refractivity contribution >= 4 is 34.9 Å². The van der Waals surface area contributed by atoms with Crippen LogP contribution in [0.1, 0.15) is 26.3 Å².